The second-order valence-corrected chi connectivity index (χ2v) is 4.66. The van der Waals surface area contributed by atoms with Gasteiger partial charge < -0.3 is 5.32 Å². The van der Waals surface area contributed by atoms with E-state index in [1.807, 2.05) is 19.1 Å². The zero-order valence-corrected chi connectivity index (χ0v) is 11.1. The second-order valence-electron chi connectivity index (χ2n) is 4.23. The molecule has 2 nitrogen and oxygen atoms in total. The van der Waals surface area contributed by atoms with Gasteiger partial charge in [-0.15, -0.1) is 0 Å². The molecule has 2 aromatic rings. The Hall–Kier alpha value is -1.87. The lowest BCUT2D eigenvalue weighted by molar-refractivity contribution is 0.0936. The monoisotopic (exact) mass is 277 g/mol. The lowest BCUT2D eigenvalue weighted by atomic mass is 10.1. The van der Waals surface area contributed by atoms with Gasteiger partial charge in [0.2, 0.25) is 0 Å². The highest BCUT2D eigenvalue weighted by molar-refractivity contribution is 6.30. The molecule has 0 heterocycles. The summed E-state index contributed by atoms with van der Waals surface area (Å²) in [7, 11) is 0. The summed E-state index contributed by atoms with van der Waals surface area (Å²) in [4.78, 5) is 11.9. The lowest BCUT2D eigenvalue weighted by Crippen LogP contribution is -2.27. The van der Waals surface area contributed by atoms with E-state index in [1.54, 1.807) is 24.3 Å². The highest BCUT2D eigenvalue weighted by Crippen LogP contribution is 2.17. The van der Waals surface area contributed by atoms with Gasteiger partial charge in [-0.3, -0.25) is 4.79 Å². The van der Waals surface area contributed by atoms with E-state index in [0.29, 0.717) is 5.02 Å². The Labute approximate surface area is 116 Å². The van der Waals surface area contributed by atoms with E-state index >= 15 is 0 Å². The molecule has 0 aromatic heterocycles. The number of benzene rings is 2. The molecule has 0 aliphatic carbocycles. The van der Waals surface area contributed by atoms with Gasteiger partial charge in [-0.25, -0.2) is 4.39 Å². The molecule has 2 aromatic carbocycles. The number of halogens is 2. The maximum absolute atomic E-state index is 13.5. The molecule has 0 bridgehead atoms. The van der Waals surface area contributed by atoms with Gasteiger partial charge in [-0.05, 0) is 36.8 Å². The fourth-order valence-corrected chi connectivity index (χ4v) is 1.88. The molecule has 0 spiro atoms. The van der Waals surface area contributed by atoms with Crippen LogP contribution in [0.3, 0.4) is 0 Å². The molecule has 1 atom stereocenters. The first-order chi connectivity index (χ1) is 9.08. The summed E-state index contributed by atoms with van der Waals surface area (Å²) in [5, 5.41) is 3.39. The Kier molecular flexibility index (Phi) is 4.17. The molecular formula is C15H13ClFNO. The Bertz CT molecular complexity index is 583. The van der Waals surface area contributed by atoms with Crippen LogP contribution in [-0.4, -0.2) is 5.91 Å². The number of hydrogen-bond acceptors (Lipinski definition) is 1. The van der Waals surface area contributed by atoms with Crippen LogP contribution in [0.2, 0.25) is 5.02 Å². The zero-order chi connectivity index (χ0) is 13.8. The van der Waals surface area contributed by atoms with Crippen LogP contribution in [-0.2, 0) is 0 Å². The van der Waals surface area contributed by atoms with Crippen molar-refractivity contribution in [3.8, 4) is 0 Å². The SMILES string of the molecule is C[C@@H](NC(=O)c1ccccc1F)c1ccc(Cl)cc1. The molecule has 0 aliphatic rings. The molecular weight excluding hydrogens is 265 g/mol. The minimum Gasteiger partial charge on any atom is -0.345 e. The first-order valence-corrected chi connectivity index (χ1v) is 6.26. The van der Waals surface area contributed by atoms with Crippen molar-refractivity contribution in [2.45, 2.75) is 13.0 Å². The fourth-order valence-electron chi connectivity index (χ4n) is 1.75. The maximum atomic E-state index is 13.5. The van der Waals surface area contributed by atoms with E-state index < -0.39 is 11.7 Å². The topological polar surface area (TPSA) is 29.1 Å². The summed E-state index contributed by atoms with van der Waals surface area (Å²) >= 11 is 5.80. The highest BCUT2D eigenvalue weighted by atomic mass is 35.5. The van der Waals surface area contributed by atoms with Crippen LogP contribution in [0.5, 0.6) is 0 Å². The lowest BCUT2D eigenvalue weighted by Gasteiger charge is -2.14. The van der Waals surface area contributed by atoms with Gasteiger partial charge in [0.1, 0.15) is 5.82 Å². The van der Waals surface area contributed by atoms with Crippen molar-refractivity contribution in [2.24, 2.45) is 0 Å². The van der Waals surface area contributed by atoms with Crippen LogP contribution < -0.4 is 5.32 Å². The normalized spacial score (nSPS) is 11.9. The predicted octanol–water partition coefficient (Wildman–Crippen LogP) is 3.97. The van der Waals surface area contributed by atoms with Gasteiger partial charge in [-0.2, -0.15) is 0 Å². The molecule has 98 valence electrons. The number of carbonyl (C=O) groups excluding carboxylic acids is 1. The molecule has 0 radical (unpaired) electrons. The molecule has 0 saturated heterocycles. The average Bonchev–Trinajstić information content (AvgIpc) is 2.39. The van der Waals surface area contributed by atoms with Crippen molar-refractivity contribution in [1.82, 2.24) is 5.32 Å². The summed E-state index contributed by atoms with van der Waals surface area (Å²) in [6, 6.07) is 12.8. The van der Waals surface area contributed by atoms with Crippen molar-refractivity contribution in [1.29, 1.82) is 0 Å². The highest BCUT2D eigenvalue weighted by Gasteiger charge is 2.14. The third-order valence-electron chi connectivity index (χ3n) is 2.84. The van der Waals surface area contributed by atoms with E-state index in [4.69, 9.17) is 11.6 Å². The Balaban J connectivity index is 2.11. The summed E-state index contributed by atoms with van der Waals surface area (Å²) in [6.45, 7) is 1.84. The van der Waals surface area contributed by atoms with E-state index in [9.17, 15) is 9.18 Å². The number of amides is 1. The summed E-state index contributed by atoms with van der Waals surface area (Å²) in [5.41, 5.74) is 0.956. The van der Waals surface area contributed by atoms with Crippen LogP contribution in [0, 0.1) is 5.82 Å². The number of hydrogen-bond donors (Lipinski definition) is 1. The fraction of sp³-hybridized carbons (Fsp3) is 0.133. The molecule has 0 saturated carbocycles. The molecule has 0 unspecified atom stereocenters. The van der Waals surface area contributed by atoms with E-state index in [-0.39, 0.29) is 11.6 Å². The summed E-state index contributed by atoms with van der Waals surface area (Å²) in [6.07, 6.45) is 0. The van der Waals surface area contributed by atoms with Crippen molar-refractivity contribution < 1.29 is 9.18 Å². The Morgan fingerprint density at radius 3 is 2.42 bits per heavy atom. The van der Waals surface area contributed by atoms with Crippen LogP contribution in [0.15, 0.2) is 48.5 Å². The summed E-state index contributed by atoms with van der Waals surface area (Å²) < 4.78 is 13.5. The first kappa shape index (κ1) is 13.6. The quantitative estimate of drug-likeness (QED) is 0.904. The minimum absolute atomic E-state index is 0.0447. The standard InChI is InChI=1S/C15H13ClFNO/c1-10(11-6-8-12(16)9-7-11)18-15(19)13-4-2-3-5-14(13)17/h2-10H,1H3,(H,18,19)/t10-/m1/s1. The molecule has 0 aliphatic heterocycles. The third kappa shape index (κ3) is 3.32. The number of rotatable bonds is 3. The minimum atomic E-state index is -0.525. The van der Waals surface area contributed by atoms with Crippen molar-refractivity contribution >= 4 is 17.5 Å². The largest absolute Gasteiger partial charge is 0.345 e. The number of carbonyl (C=O) groups is 1. The zero-order valence-electron chi connectivity index (χ0n) is 10.4. The summed E-state index contributed by atoms with van der Waals surface area (Å²) in [5.74, 6) is -0.955. The predicted molar refractivity (Wildman–Crippen MR) is 73.7 cm³/mol. The van der Waals surface area contributed by atoms with E-state index in [2.05, 4.69) is 5.32 Å². The van der Waals surface area contributed by atoms with Crippen LogP contribution in [0.25, 0.3) is 0 Å². The smallest absolute Gasteiger partial charge is 0.254 e. The molecule has 19 heavy (non-hydrogen) atoms. The number of nitrogens with one attached hydrogen (secondary N) is 1. The average molecular weight is 278 g/mol. The second kappa shape index (κ2) is 5.85. The van der Waals surface area contributed by atoms with Crippen molar-refractivity contribution in [3.05, 3.63) is 70.5 Å². The Morgan fingerprint density at radius 2 is 1.79 bits per heavy atom. The molecule has 0 fully saturated rings. The molecule has 1 N–H and O–H groups in total. The van der Waals surface area contributed by atoms with Crippen molar-refractivity contribution in [2.75, 3.05) is 0 Å². The molecule has 4 heteroatoms. The van der Waals surface area contributed by atoms with E-state index in [0.717, 1.165) is 5.56 Å². The van der Waals surface area contributed by atoms with Crippen LogP contribution in [0.4, 0.5) is 4.39 Å². The van der Waals surface area contributed by atoms with Gasteiger partial charge in [0.05, 0.1) is 11.6 Å². The molecule has 1 amide bonds. The van der Waals surface area contributed by atoms with Gasteiger partial charge in [-0.1, -0.05) is 35.9 Å². The Morgan fingerprint density at radius 1 is 1.16 bits per heavy atom. The van der Waals surface area contributed by atoms with Gasteiger partial charge in [0, 0.05) is 5.02 Å². The van der Waals surface area contributed by atoms with Crippen molar-refractivity contribution in [3.63, 3.8) is 0 Å². The van der Waals surface area contributed by atoms with Gasteiger partial charge in [0.25, 0.3) is 5.91 Å². The van der Waals surface area contributed by atoms with Crippen LogP contribution in [0.1, 0.15) is 28.9 Å². The van der Waals surface area contributed by atoms with Gasteiger partial charge >= 0.3 is 0 Å². The third-order valence-corrected chi connectivity index (χ3v) is 3.09. The first-order valence-electron chi connectivity index (χ1n) is 5.89. The van der Waals surface area contributed by atoms with Crippen LogP contribution >= 0.6 is 11.6 Å². The van der Waals surface area contributed by atoms with E-state index in [1.165, 1.54) is 12.1 Å². The van der Waals surface area contributed by atoms with Gasteiger partial charge in [0.15, 0.2) is 0 Å². The maximum Gasteiger partial charge on any atom is 0.254 e. The molecule has 2 rings (SSSR count).